The Balaban J connectivity index is 2.65. The first kappa shape index (κ1) is 16.0. The number of rotatable bonds is 5. The minimum atomic E-state index is 0.365. The summed E-state index contributed by atoms with van der Waals surface area (Å²) in [5.41, 5.74) is 0.880. The van der Waals surface area contributed by atoms with Crippen LogP contribution in [0.1, 0.15) is 59.8 Å². The summed E-state index contributed by atoms with van der Waals surface area (Å²) in [5, 5.41) is 3.43. The average molecular weight is 254 g/mol. The monoisotopic (exact) mass is 254 g/mol. The predicted molar refractivity (Wildman–Crippen MR) is 81.0 cm³/mol. The molecule has 0 amide bonds. The second-order valence-corrected chi connectivity index (χ2v) is 7.55. The highest BCUT2D eigenvalue weighted by Crippen LogP contribution is 2.37. The van der Waals surface area contributed by atoms with E-state index in [0.29, 0.717) is 16.9 Å². The van der Waals surface area contributed by atoms with Crippen LogP contribution >= 0.6 is 0 Å². The van der Waals surface area contributed by atoms with Crippen molar-refractivity contribution in [1.29, 1.82) is 0 Å². The molecule has 1 saturated carbocycles. The Morgan fingerprint density at radius 2 is 1.72 bits per heavy atom. The summed E-state index contributed by atoms with van der Waals surface area (Å²) in [6, 6.07) is 0.633. The van der Waals surface area contributed by atoms with Gasteiger partial charge in [-0.15, -0.1) is 0 Å². The van der Waals surface area contributed by atoms with E-state index in [2.05, 4.69) is 52.0 Å². The Morgan fingerprint density at radius 3 is 2.17 bits per heavy atom. The van der Waals surface area contributed by atoms with Crippen molar-refractivity contribution in [2.24, 2.45) is 10.8 Å². The van der Waals surface area contributed by atoms with Gasteiger partial charge in [0.15, 0.2) is 0 Å². The van der Waals surface area contributed by atoms with Crippen LogP contribution in [-0.2, 0) is 0 Å². The number of hydrogen-bond acceptors (Lipinski definition) is 2. The lowest BCUT2D eigenvalue weighted by atomic mass is 9.73. The van der Waals surface area contributed by atoms with Gasteiger partial charge in [0.25, 0.3) is 0 Å². The Morgan fingerprint density at radius 1 is 1.17 bits per heavy atom. The zero-order valence-electron chi connectivity index (χ0n) is 13.5. The van der Waals surface area contributed by atoms with Gasteiger partial charge in [-0.05, 0) is 44.7 Å². The molecule has 2 heteroatoms. The molecule has 0 bridgehead atoms. The second-order valence-electron chi connectivity index (χ2n) is 7.55. The molecule has 0 saturated heterocycles. The van der Waals surface area contributed by atoms with E-state index in [0.717, 1.165) is 0 Å². The van der Waals surface area contributed by atoms with Gasteiger partial charge in [-0.1, -0.05) is 40.0 Å². The highest BCUT2D eigenvalue weighted by molar-refractivity contribution is 4.89. The molecule has 1 fully saturated rings. The predicted octanol–water partition coefficient (Wildman–Crippen LogP) is 3.52. The molecule has 1 aliphatic carbocycles. The molecule has 1 atom stereocenters. The van der Waals surface area contributed by atoms with Crippen molar-refractivity contribution in [3.63, 3.8) is 0 Å². The van der Waals surface area contributed by atoms with Crippen LogP contribution in [0.4, 0.5) is 0 Å². The van der Waals surface area contributed by atoms with E-state index < -0.39 is 0 Å². The summed E-state index contributed by atoms with van der Waals surface area (Å²) in [4.78, 5) is 2.59. The third-order valence-electron chi connectivity index (χ3n) is 4.97. The molecule has 0 heterocycles. The quantitative estimate of drug-likeness (QED) is 0.807. The summed E-state index contributed by atoms with van der Waals surface area (Å²) in [6.07, 6.45) is 7.06. The van der Waals surface area contributed by atoms with Crippen molar-refractivity contribution >= 4 is 0 Å². The highest BCUT2D eigenvalue weighted by atomic mass is 15.1. The van der Waals surface area contributed by atoms with Gasteiger partial charge >= 0.3 is 0 Å². The van der Waals surface area contributed by atoms with Gasteiger partial charge < -0.3 is 10.2 Å². The van der Waals surface area contributed by atoms with Gasteiger partial charge in [-0.25, -0.2) is 0 Å². The Hall–Kier alpha value is -0.0800. The molecule has 0 radical (unpaired) electrons. The normalized spacial score (nSPS) is 22.2. The Kier molecular flexibility index (Phi) is 5.67. The second kappa shape index (κ2) is 6.38. The van der Waals surface area contributed by atoms with Gasteiger partial charge in [-0.2, -0.15) is 0 Å². The number of hydrogen-bond donors (Lipinski definition) is 1. The van der Waals surface area contributed by atoms with Crippen molar-refractivity contribution in [2.75, 3.05) is 27.2 Å². The summed E-state index contributed by atoms with van der Waals surface area (Å²) < 4.78 is 0. The largest absolute Gasteiger partial charge is 0.319 e. The first-order chi connectivity index (χ1) is 8.31. The third-order valence-corrected chi connectivity index (χ3v) is 4.97. The fourth-order valence-corrected chi connectivity index (χ4v) is 3.39. The van der Waals surface area contributed by atoms with Crippen molar-refractivity contribution in [3.8, 4) is 0 Å². The van der Waals surface area contributed by atoms with Crippen LogP contribution in [0.25, 0.3) is 0 Å². The van der Waals surface area contributed by atoms with Gasteiger partial charge in [0.1, 0.15) is 0 Å². The lowest BCUT2D eigenvalue weighted by molar-refractivity contribution is 0.0613. The van der Waals surface area contributed by atoms with Gasteiger partial charge in [-0.3, -0.25) is 0 Å². The van der Waals surface area contributed by atoms with Crippen LogP contribution in [0, 0.1) is 10.8 Å². The molecule has 0 spiro atoms. The van der Waals surface area contributed by atoms with E-state index in [9.17, 15) is 0 Å². The summed E-state index contributed by atoms with van der Waals surface area (Å²) in [7, 11) is 4.41. The first-order valence-electron chi connectivity index (χ1n) is 7.66. The molecule has 108 valence electrons. The van der Waals surface area contributed by atoms with E-state index in [4.69, 9.17) is 0 Å². The van der Waals surface area contributed by atoms with Crippen molar-refractivity contribution in [1.82, 2.24) is 10.2 Å². The molecular weight excluding hydrogens is 220 g/mol. The highest BCUT2D eigenvalue weighted by Gasteiger charge is 2.35. The lowest BCUT2D eigenvalue weighted by Crippen LogP contribution is -2.49. The molecule has 2 nitrogen and oxygen atoms in total. The number of nitrogens with one attached hydrogen (secondary N) is 1. The standard InChI is InChI=1S/C16H34N2/c1-14(15(2,3)4)18(6)13-16(12-17-5)10-8-7-9-11-16/h14,17H,7-13H2,1-6H3. The van der Waals surface area contributed by atoms with Crippen molar-refractivity contribution in [2.45, 2.75) is 65.8 Å². The van der Waals surface area contributed by atoms with E-state index in [1.807, 2.05) is 0 Å². The van der Waals surface area contributed by atoms with E-state index in [1.165, 1.54) is 45.2 Å². The molecule has 0 aliphatic heterocycles. The Bertz CT molecular complexity index is 230. The summed E-state index contributed by atoms with van der Waals surface area (Å²) in [5.74, 6) is 0. The zero-order chi connectivity index (χ0) is 13.8. The first-order valence-corrected chi connectivity index (χ1v) is 7.66. The molecule has 0 aromatic rings. The van der Waals surface area contributed by atoms with Crippen LogP contribution in [-0.4, -0.2) is 38.1 Å². The third kappa shape index (κ3) is 4.24. The van der Waals surface area contributed by atoms with Gasteiger partial charge in [0.05, 0.1) is 0 Å². The van der Waals surface area contributed by atoms with Gasteiger partial charge in [0, 0.05) is 19.1 Å². The van der Waals surface area contributed by atoms with Crippen LogP contribution < -0.4 is 5.32 Å². The maximum Gasteiger partial charge on any atom is 0.0113 e. The van der Waals surface area contributed by atoms with Crippen LogP contribution in [0.2, 0.25) is 0 Å². The minimum Gasteiger partial charge on any atom is -0.319 e. The Labute approximate surface area is 115 Å². The summed E-state index contributed by atoms with van der Waals surface area (Å²) in [6.45, 7) is 11.8. The van der Waals surface area contributed by atoms with E-state index in [-0.39, 0.29) is 0 Å². The van der Waals surface area contributed by atoms with E-state index >= 15 is 0 Å². The topological polar surface area (TPSA) is 15.3 Å². The van der Waals surface area contributed by atoms with Crippen molar-refractivity contribution < 1.29 is 0 Å². The van der Waals surface area contributed by atoms with E-state index in [1.54, 1.807) is 0 Å². The van der Waals surface area contributed by atoms with Crippen LogP contribution in [0.15, 0.2) is 0 Å². The molecule has 1 aliphatic rings. The van der Waals surface area contributed by atoms with Crippen molar-refractivity contribution in [3.05, 3.63) is 0 Å². The molecule has 0 aromatic carbocycles. The zero-order valence-corrected chi connectivity index (χ0v) is 13.5. The van der Waals surface area contributed by atoms with Crippen LogP contribution in [0.5, 0.6) is 0 Å². The maximum absolute atomic E-state index is 3.43. The van der Waals surface area contributed by atoms with Gasteiger partial charge in [0.2, 0.25) is 0 Å². The average Bonchev–Trinajstić information content (AvgIpc) is 2.28. The SMILES string of the molecule is CNCC1(CN(C)C(C)C(C)(C)C)CCCCC1. The molecule has 1 unspecified atom stereocenters. The fourth-order valence-electron chi connectivity index (χ4n) is 3.39. The molecular formula is C16H34N2. The minimum absolute atomic E-state index is 0.365. The maximum atomic E-state index is 3.43. The van der Waals surface area contributed by atoms with Crippen LogP contribution in [0.3, 0.4) is 0 Å². The number of nitrogens with zero attached hydrogens (tertiary/aromatic N) is 1. The lowest BCUT2D eigenvalue weighted by Gasteiger charge is -2.44. The molecule has 0 aromatic heterocycles. The fraction of sp³-hybridized carbons (Fsp3) is 1.00. The molecule has 1 rings (SSSR count). The smallest absolute Gasteiger partial charge is 0.0113 e. The summed E-state index contributed by atoms with van der Waals surface area (Å²) >= 11 is 0. The molecule has 1 N–H and O–H groups in total. The molecule has 18 heavy (non-hydrogen) atoms.